The van der Waals surface area contributed by atoms with Gasteiger partial charge in [0.1, 0.15) is 39.9 Å². The number of benzene rings is 4. The van der Waals surface area contributed by atoms with Crippen molar-refractivity contribution in [1.29, 1.82) is 0 Å². The number of ether oxygens (including phenoxy) is 2. The van der Waals surface area contributed by atoms with Gasteiger partial charge in [0.25, 0.3) is 0 Å². The summed E-state index contributed by atoms with van der Waals surface area (Å²) < 4.78 is 135. The van der Waals surface area contributed by atoms with Crippen molar-refractivity contribution < 1.29 is 83.8 Å². The van der Waals surface area contributed by atoms with E-state index in [2.05, 4.69) is 29.4 Å². The second-order valence-corrected chi connectivity index (χ2v) is 14.3. The summed E-state index contributed by atoms with van der Waals surface area (Å²) in [5, 5.41) is 17.7. The molecule has 65 heavy (non-hydrogen) atoms. The maximum absolute atomic E-state index is 14.0. The second kappa shape index (κ2) is 22.0. The maximum Gasteiger partial charge on any atom is 0.573 e. The summed E-state index contributed by atoms with van der Waals surface area (Å²) in [6.45, 7) is 0. The molecule has 2 aromatic heterocycles. The molecule has 0 saturated carbocycles. The van der Waals surface area contributed by atoms with E-state index in [1.54, 1.807) is 30.6 Å². The first-order valence-electron chi connectivity index (χ1n) is 19.0. The van der Waals surface area contributed by atoms with E-state index in [1.165, 1.54) is 60.7 Å². The number of pyridine rings is 2. The van der Waals surface area contributed by atoms with Gasteiger partial charge in [-0.1, -0.05) is 48.0 Å². The molecule has 4 heterocycles. The molecule has 2 aliphatic heterocycles. The predicted molar refractivity (Wildman–Crippen MR) is 218 cm³/mol. The molecule has 2 N–H and O–H groups in total. The molecular formula is C44H32BClF10N4O4Pd. The van der Waals surface area contributed by atoms with Crippen LogP contribution in [-0.4, -0.2) is 51.3 Å². The summed E-state index contributed by atoms with van der Waals surface area (Å²) in [6, 6.07) is 23.9. The van der Waals surface area contributed by atoms with Crippen LogP contribution in [0.2, 0.25) is 5.15 Å². The molecule has 4 aromatic carbocycles. The number of rotatable bonds is 8. The zero-order valence-corrected chi connectivity index (χ0v) is 35.4. The number of nitrogens with zero attached hydrogens (tertiary/aromatic N) is 4. The maximum atomic E-state index is 14.0. The van der Waals surface area contributed by atoms with E-state index in [0.29, 0.717) is 53.5 Å². The number of hydrogen-bond donors (Lipinski definition) is 2. The van der Waals surface area contributed by atoms with E-state index < -0.39 is 48.9 Å². The molecule has 0 bridgehead atoms. The fourth-order valence-electron chi connectivity index (χ4n) is 6.62. The molecule has 0 saturated heterocycles. The first-order valence-corrected chi connectivity index (χ1v) is 19.4. The predicted octanol–water partition coefficient (Wildman–Crippen LogP) is 10.8. The zero-order chi connectivity index (χ0) is 46.2. The molecule has 6 aromatic rings. The van der Waals surface area contributed by atoms with Crippen LogP contribution in [-0.2, 0) is 20.4 Å². The number of aromatic nitrogens is 2. The van der Waals surface area contributed by atoms with Crippen LogP contribution in [0.3, 0.4) is 0 Å². The Bertz CT molecular complexity index is 2550. The van der Waals surface area contributed by atoms with E-state index in [9.17, 15) is 43.9 Å². The van der Waals surface area contributed by atoms with Crippen molar-refractivity contribution in [2.75, 3.05) is 0 Å². The molecule has 8 nitrogen and oxygen atoms in total. The average Bonchev–Trinajstić information content (AvgIpc) is 3.92. The molecule has 21 heteroatoms. The van der Waals surface area contributed by atoms with Crippen LogP contribution in [0, 0.1) is 23.3 Å². The standard InChI is InChI=1S/C22H15F5N2O.C15H11ClF2N2.C7H6BF3O3.Pd/c23-16-2-1-3-17(24)21(16)20-11-10-19(29-20)14-6-9-18(28-12-14)13-4-7-15(8-5-13)30-22(25,26)27;16-14-7-4-9(8-19-14)12-5-6-13(20-12)15-10(17)2-1-3-11(15)18;9-7(10,11)14-6-3-1-5(2-4-6)8(12)13;/h1-9,12,19H,10-11H2;1-4,7-8,12H,5-6H2;1-4,12-13H;. The van der Waals surface area contributed by atoms with E-state index in [-0.39, 0.29) is 54.8 Å². The normalized spacial score (nSPS) is 15.6. The number of alkyl halides is 6. The average molecular weight is 1020 g/mol. The van der Waals surface area contributed by atoms with Crippen LogP contribution in [0.4, 0.5) is 43.9 Å². The van der Waals surface area contributed by atoms with Crippen LogP contribution in [0.5, 0.6) is 11.5 Å². The molecule has 0 aliphatic carbocycles. The SMILES string of the molecule is Fc1cccc(F)c1C1=NC(c2ccc(-c3ccc(OC(F)(F)F)cc3)nc2)CC1.Fc1cccc(F)c1C1=NC(c2ccc(Cl)nc2)CC1.OB(O)c1ccc(OC(F)(F)F)cc1.[Pd]. The van der Waals surface area contributed by atoms with Crippen molar-refractivity contribution in [2.24, 2.45) is 9.98 Å². The Morgan fingerprint density at radius 3 is 1.34 bits per heavy atom. The van der Waals surface area contributed by atoms with Gasteiger partial charge in [-0.15, -0.1) is 26.3 Å². The largest absolute Gasteiger partial charge is 0.573 e. The fraction of sp³-hybridized carbons (Fsp3) is 0.182. The van der Waals surface area contributed by atoms with Gasteiger partial charge >= 0.3 is 19.8 Å². The van der Waals surface area contributed by atoms with E-state index in [4.69, 9.17) is 21.6 Å². The second-order valence-electron chi connectivity index (χ2n) is 13.9. The Hall–Kier alpha value is -5.64. The molecule has 342 valence electrons. The summed E-state index contributed by atoms with van der Waals surface area (Å²) >= 11 is 5.74. The van der Waals surface area contributed by atoms with Crippen LogP contribution in [0.15, 0.2) is 132 Å². The Morgan fingerprint density at radius 2 is 0.969 bits per heavy atom. The molecule has 2 aliphatic rings. The Balaban J connectivity index is 0.000000196. The van der Waals surface area contributed by atoms with Gasteiger partial charge in [-0.05, 0) is 115 Å². The summed E-state index contributed by atoms with van der Waals surface area (Å²) in [5.74, 6) is -3.13. The van der Waals surface area contributed by atoms with Crippen molar-refractivity contribution in [3.8, 4) is 22.8 Å². The quantitative estimate of drug-likeness (QED) is 0.0893. The number of aliphatic imine (C=N–C) groups is 2. The van der Waals surface area contributed by atoms with Crippen molar-refractivity contribution in [3.63, 3.8) is 0 Å². The van der Waals surface area contributed by atoms with Gasteiger partial charge in [-0.25, -0.2) is 22.5 Å². The Labute approximate surface area is 383 Å². The minimum Gasteiger partial charge on any atom is -0.423 e. The van der Waals surface area contributed by atoms with Crippen molar-refractivity contribution >= 4 is 35.6 Å². The van der Waals surface area contributed by atoms with Gasteiger partial charge in [0.15, 0.2) is 0 Å². The van der Waals surface area contributed by atoms with Crippen molar-refractivity contribution in [3.05, 3.63) is 172 Å². The van der Waals surface area contributed by atoms with Crippen LogP contribution in [0.25, 0.3) is 11.3 Å². The third-order valence-corrected chi connectivity index (χ3v) is 9.76. The monoisotopic (exact) mass is 1020 g/mol. The van der Waals surface area contributed by atoms with E-state index in [0.717, 1.165) is 35.4 Å². The molecular weight excluding hydrogens is 991 g/mol. The van der Waals surface area contributed by atoms with Crippen LogP contribution >= 0.6 is 11.6 Å². The van der Waals surface area contributed by atoms with Crippen LogP contribution < -0.4 is 14.9 Å². The topological polar surface area (TPSA) is 109 Å². The molecule has 0 fully saturated rings. The number of halogens is 11. The van der Waals surface area contributed by atoms with E-state index >= 15 is 0 Å². The van der Waals surface area contributed by atoms with E-state index in [1.807, 2.05) is 6.07 Å². The first kappa shape index (κ1) is 50.4. The smallest absolute Gasteiger partial charge is 0.423 e. The van der Waals surface area contributed by atoms with Gasteiger partial charge < -0.3 is 19.5 Å². The van der Waals surface area contributed by atoms with Gasteiger partial charge in [-0.3, -0.25) is 15.0 Å². The summed E-state index contributed by atoms with van der Waals surface area (Å²) in [6.07, 6.45) is -3.90. The van der Waals surface area contributed by atoms with Gasteiger partial charge in [-0.2, -0.15) is 0 Å². The first-order chi connectivity index (χ1) is 30.3. The molecule has 8 rings (SSSR count). The third-order valence-electron chi connectivity index (χ3n) is 9.54. The van der Waals surface area contributed by atoms with Gasteiger partial charge in [0.2, 0.25) is 0 Å². The van der Waals surface area contributed by atoms with Crippen molar-refractivity contribution in [2.45, 2.75) is 50.5 Å². The fourth-order valence-corrected chi connectivity index (χ4v) is 6.73. The van der Waals surface area contributed by atoms with Crippen molar-refractivity contribution in [1.82, 2.24) is 9.97 Å². The summed E-state index contributed by atoms with van der Waals surface area (Å²) in [4.78, 5) is 17.3. The minimum absolute atomic E-state index is 0. The van der Waals surface area contributed by atoms with Gasteiger partial charge in [0, 0.05) is 49.8 Å². The molecule has 0 radical (unpaired) electrons. The molecule has 2 atom stereocenters. The third kappa shape index (κ3) is 14.2. The van der Waals surface area contributed by atoms with Gasteiger partial charge in [0.05, 0.1) is 28.9 Å². The zero-order valence-electron chi connectivity index (χ0n) is 33.1. The Kier molecular flexibility index (Phi) is 17.1. The minimum atomic E-state index is -4.74. The molecule has 0 amide bonds. The molecule has 0 spiro atoms. The number of hydrogen-bond acceptors (Lipinski definition) is 8. The van der Waals surface area contributed by atoms with Crippen LogP contribution in [0.1, 0.15) is 60.0 Å². The summed E-state index contributed by atoms with van der Waals surface area (Å²) in [7, 11) is -1.70. The molecule has 2 unspecified atom stereocenters. The Morgan fingerprint density at radius 1 is 0.554 bits per heavy atom. The summed E-state index contributed by atoms with van der Waals surface area (Å²) in [5.41, 5.74) is 3.74.